The van der Waals surface area contributed by atoms with Crippen molar-refractivity contribution in [2.24, 2.45) is 4.99 Å². The molecule has 1 aromatic heterocycles. The van der Waals surface area contributed by atoms with Gasteiger partial charge in [-0.25, -0.2) is 0 Å². The predicted molar refractivity (Wildman–Crippen MR) is 86.9 cm³/mol. The van der Waals surface area contributed by atoms with Crippen LogP contribution in [0.25, 0.3) is 11.6 Å². The first-order valence-electron chi connectivity index (χ1n) is 7.04. The maximum atomic E-state index is 12.0. The number of carbonyl (C=O) groups is 1. The van der Waals surface area contributed by atoms with Gasteiger partial charge < -0.3 is 15.0 Å². The van der Waals surface area contributed by atoms with E-state index in [1.165, 1.54) is 4.57 Å². The highest BCUT2D eigenvalue weighted by molar-refractivity contribution is 7.10. The fourth-order valence-electron chi connectivity index (χ4n) is 2.38. The molecule has 0 radical (unpaired) electrons. The Bertz CT molecular complexity index is 876. The second kappa shape index (κ2) is 6.21. The lowest BCUT2D eigenvalue weighted by molar-refractivity contribution is -0.305. The molecule has 0 saturated heterocycles. The number of carbonyl (C=O) groups excluding carboxylic acids is 1. The molecule has 1 aromatic carbocycles. The minimum Gasteiger partial charge on any atom is -0.550 e. The molecule has 0 unspecified atom stereocenters. The summed E-state index contributed by atoms with van der Waals surface area (Å²) in [4.78, 5) is 26.8. The maximum absolute atomic E-state index is 12.0. The van der Waals surface area contributed by atoms with Crippen LogP contribution >= 0.6 is 11.3 Å². The van der Waals surface area contributed by atoms with Crippen molar-refractivity contribution in [1.29, 1.82) is 0 Å². The summed E-state index contributed by atoms with van der Waals surface area (Å²) in [5.74, 6) is -1.32. The highest BCUT2D eigenvalue weighted by Crippen LogP contribution is 2.34. The van der Waals surface area contributed by atoms with Crippen molar-refractivity contribution in [2.45, 2.75) is 19.4 Å². The number of aliphatic imine (C=N–C) groups is 1. The van der Waals surface area contributed by atoms with E-state index < -0.39 is 5.97 Å². The Balaban J connectivity index is 1.88. The van der Waals surface area contributed by atoms with Gasteiger partial charge in [0.25, 0.3) is 0 Å². The number of hydrogen-bond acceptors (Lipinski definition) is 6. The van der Waals surface area contributed by atoms with Gasteiger partial charge in [0.05, 0.1) is 10.6 Å². The van der Waals surface area contributed by atoms with Gasteiger partial charge in [-0.05, 0) is 25.0 Å². The van der Waals surface area contributed by atoms with E-state index in [1.807, 2.05) is 24.3 Å². The third kappa shape index (κ3) is 3.09. The normalized spacial score (nSPS) is 14.3. The van der Waals surface area contributed by atoms with Crippen molar-refractivity contribution >= 4 is 40.9 Å². The number of allylic oxidation sites excluding steroid dienone is 1. The number of nitrogens with zero attached hydrogens (tertiary/aromatic N) is 2. The Morgan fingerprint density at radius 2 is 2.17 bits per heavy atom. The lowest BCUT2D eigenvalue weighted by Crippen LogP contribution is -2.23. The molecule has 0 bridgehead atoms. The van der Waals surface area contributed by atoms with Crippen LogP contribution in [0.3, 0.4) is 0 Å². The number of thiazole rings is 1. The highest BCUT2D eigenvalue weighted by Gasteiger charge is 2.16. The minimum absolute atomic E-state index is 0.142. The molecule has 0 saturated carbocycles. The number of aromatic hydroxyl groups is 1. The molecular formula is C16H13N2O4S-. The van der Waals surface area contributed by atoms with E-state index in [0.29, 0.717) is 4.88 Å². The molecule has 2 aromatic rings. The van der Waals surface area contributed by atoms with Crippen LogP contribution in [0.1, 0.15) is 23.3 Å². The molecule has 6 nitrogen and oxygen atoms in total. The number of rotatable bonds is 5. The molecule has 1 aliphatic heterocycles. The van der Waals surface area contributed by atoms with E-state index in [4.69, 9.17) is 0 Å². The van der Waals surface area contributed by atoms with E-state index in [-0.39, 0.29) is 30.1 Å². The van der Waals surface area contributed by atoms with Gasteiger partial charge in [0, 0.05) is 29.9 Å². The lowest BCUT2D eigenvalue weighted by Gasteiger charge is -2.04. The summed E-state index contributed by atoms with van der Waals surface area (Å²) in [7, 11) is 0. The number of carboxylic acids is 1. The van der Waals surface area contributed by atoms with E-state index in [2.05, 4.69) is 4.99 Å². The first-order chi connectivity index (χ1) is 11.1. The van der Waals surface area contributed by atoms with Gasteiger partial charge >= 0.3 is 4.87 Å². The van der Waals surface area contributed by atoms with Crippen LogP contribution in [0.15, 0.2) is 34.1 Å². The van der Waals surface area contributed by atoms with Crippen LogP contribution in [-0.2, 0) is 11.3 Å². The van der Waals surface area contributed by atoms with Gasteiger partial charge in [-0.3, -0.25) is 14.4 Å². The Labute approximate surface area is 135 Å². The van der Waals surface area contributed by atoms with Crippen LogP contribution in [0.5, 0.6) is 5.88 Å². The summed E-state index contributed by atoms with van der Waals surface area (Å²) in [5.41, 5.74) is 2.61. The number of fused-ring (bicyclic) bond motifs is 1. The van der Waals surface area contributed by atoms with Gasteiger partial charge in [0.2, 0.25) is 5.88 Å². The fraction of sp³-hybridized carbons (Fsp3) is 0.188. The Kier molecular flexibility index (Phi) is 4.12. The SMILES string of the molecule is O=C([O-])CCCn1c(O)c(C=C2C=Nc3ccccc32)sc1=O. The maximum Gasteiger partial charge on any atom is 0.310 e. The number of carboxylic acid groups (broad SMARTS) is 1. The molecule has 0 aliphatic carbocycles. The van der Waals surface area contributed by atoms with E-state index in [0.717, 1.165) is 28.2 Å². The fourth-order valence-corrected chi connectivity index (χ4v) is 3.25. The number of hydrogen-bond donors (Lipinski definition) is 1. The average molecular weight is 329 g/mol. The molecule has 1 N–H and O–H groups in total. The van der Waals surface area contributed by atoms with Crippen molar-refractivity contribution in [2.75, 3.05) is 0 Å². The second-order valence-electron chi connectivity index (χ2n) is 5.06. The number of para-hydroxylation sites is 1. The zero-order valence-electron chi connectivity index (χ0n) is 12.1. The van der Waals surface area contributed by atoms with Gasteiger partial charge in [-0.2, -0.15) is 0 Å². The molecule has 0 amide bonds. The molecule has 1 aliphatic rings. The largest absolute Gasteiger partial charge is 0.550 e. The quantitative estimate of drug-likeness (QED) is 0.897. The van der Waals surface area contributed by atoms with Crippen LogP contribution < -0.4 is 9.98 Å². The molecule has 23 heavy (non-hydrogen) atoms. The zero-order valence-corrected chi connectivity index (χ0v) is 12.9. The van der Waals surface area contributed by atoms with Crippen LogP contribution in [0.2, 0.25) is 0 Å². The average Bonchev–Trinajstić information content (AvgIpc) is 3.04. The van der Waals surface area contributed by atoms with Crippen LogP contribution in [0, 0.1) is 0 Å². The standard InChI is InChI=1S/C16H14N2O4S/c19-14(20)6-3-7-18-15(21)13(23-16(18)22)8-10-9-17-12-5-2-1-4-11(10)12/h1-2,4-5,8-9,21H,3,6-7H2,(H,19,20)/p-1. The summed E-state index contributed by atoms with van der Waals surface area (Å²) >= 11 is 0.918. The smallest absolute Gasteiger partial charge is 0.310 e. The summed E-state index contributed by atoms with van der Waals surface area (Å²) in [6, 6.07) is 7.60. The summed E-state index contributed by atoms with van der Waals surface area (Å²) < 4.78 is 1.18. The monoisotopic (exact) mass is 329 g/mol. The Morgan fingerprint density at radius 3 is 2.96 bits per heavy atom. The van der Waals surface area contributed by atoms with Crippen molar-refractivity contribution in [3.63, 3.8) is 0 Å². The van der Waals surface area contributed by atoms with Crippen LogP contribution in [-0.4, -0.2) is 21.9 Å². The first kappa shape index (κ1) is 15.2. The molecule has 0 fully saturated rings. The zero-order chi connectivity index (χ0) is 16.4. The van der Waals surface area contributed by atoms with Gasteiger partial charge in [-0.1, -0.05) is 29.5 Å². The van der Waals surface area contributed by atoms with E-state index in [1.54, 1.807) is 12.3 Å². The summed E-state index contributed by atoms with van der Waals surface area (Å²) in [6.45, 7) is 0.142. The Hall–Kier alpha value is -2.67. The predicted octanol–water partition coefficient (Wildman–Crippen LogP) is 1.40. The topological polar surface area (TPSA) is 94.7 Å². The molecular weight excluding hydrogens is 316 g/mol. The lowest BCUT2D eigenvalue weighted by atomic mass is 10.1. The van der Waals surface area contributed by atoms with Gasteiger partial charge in [-0.15, -0.1) is 0 Å². The van der Waals surface area contributed by atoms with Crippen molar-refractivity contribution < 1.29 is 15.0 Å². The molecule has 118 valence electrons. The molecule has 7 heteroatoms. The highest BCUT2D eigenvalue weighted by atomic mass is 32.1. The Morgan fingerprint density at radius 1 is 1.39 bits per heavy atom. The molecule has 0 atom stereocenters. The second-order valence-corrected chi connectivity index (χ2v) is 6.05. The van der Waals surface area contributed by atoms with Gasteiger partial charge in [0.15, 0.2) is 0 Å². The van der Waals surface area contributed by atoms with E-state index in [9.17, 15) is 19.8 Å². The first-order valence-corrected chi connectivity index (χ1v) is 7.85. The van der Waals surface area contributed by atoms with E-state index >= 15 is 0 Å². The van der Waals surface area contributed by atoms with Crippen LogP contribution in [0.4, 0.5) is 5.69 Å². The number of benzene rings is 1. The molecule has 0 spiro atoms. The summed E-state index contributed by atoms with van der Waals surface area (Å²) in [6.07, 6.45) is 3.48. The number of aromatic nitrogens is 1. The minimum atomic E-state index is -1.17. The van der Waals surface area contributed by atoms with Crippen molar-refractivity contribution in [3.8, 4) is 5.88 Å². The van der Waals surface area contributed by atoms with Crippen molar-refractivity contribution in [1.82, 2.24) is 4.57 Å². The summed E-state index contributed by atoms with van der Waals surface area (Å²) in [5, 5.41) is 20.6. The third-order valence-electron chi connectivity index (χ3n) is 3.50. The molecule has 2 heterocycles. The van der Waals surface area contributed by atoms with Crippen molar-refractivity contribution in [3.05, 3.63) is 44.4 Å². The van der Waals surface area contributed by atoms with Gasteiger partial charge in [0.1, 0.15) is 0 Å². The molecule has 3 rings (SSSR count). The third-order valence-corrected chi connectivity index (χ3v) is 4.42. The number of aliphatic carboxylic acids is 1.